The van der Waals surface area contributed by atoms with Crippen LogP contribution in [0.3, 0.4) is 0 Å². The lowest BCUT2D eigenvalue weighted by molar-refractivity contribution is 0.136. The monoisotopic (exact) mass is 341 g/mol. The first-order chi connectivity index (χ1) is 11.9. The van der Waals surface area contributed by atoms with Gasteiger partial charge in [0, 0.05) is 36.2 Å². The number of imidazole rings is 1. The summed E-state index contributed by atoms with van der Waals surface area (Å²) in [4.78, 5) is 22.9. The number of rotatable bonds is 5. The molecule has 0 radical (unpaired) electrons. The molecule has 7 nitrogen and oxygen atoms in total. The fraction of sp³-hybridized carbons (Fsp3) is 0.375. The van der Waals surface area contributed by atoms with E-state index in [2.05, 4.69) is 35.5 Å². The van der Waals surface area contributed by atoms with E-state index in [1.54, 1.807) is 36.3 Å². The predicted molar refractivity (Wildman–Crippen MR) is 93.0 cm³/mol. The molecular formula is C16H19N7S. The molecule has 0 unspecified atom stereocenters. The van der Waals surface area contributed by atoms with Crippen LogP contribution < -0.4 is 5.32 Å². The van der Waals surface area contributed by atoms with Gasteiger partial charge >= 0.3 is 0 Å². The number of nitrogens with one attached hydrogen (secondary N) is 2. The molecule has 0 aromatic carbocycles. The lowest BCUT2D eigenvalue weighted by Gasteiger charge is -2.34. The van der Waals surface area contributed by atoms with Crippen molar-refractivity contribution in [3.05, 3.63) is 47.9 Å². The summed E-state index contributed by atoms with van der Waals surface area (Å²) in [5.74, 6) is 0.719. The standard InChI is InChI=1S/C16H19N7S/c1-2-6-23(9-12-7-18-11-20-12)14(3-1)13-10-24-16(21-13)22-15-8-17-4-5-19-15/h4-5,7-8,10-11,14H,1-3,6,9H2,(H,18,20)(H,19,21,22)/t14-/m0/s1. The molecule has 1 fully saturated rings. The van der Waals surface area contributed by atoms with Crippen molar-refractivity contribution >= 4 is 22.3 Å². The third-order valence-electron chi connectivity index (χ3n) is 4.20. The number of H-pyrrole nitrogens is 1. The Morgan fingerprint density at radius 3 is 3.08 bits per heavy atom. The Morgan fingerprint density at radius 1 is 1.25 bits per heavy atom. The van der Waals surface area contributed by atoms with Gasteiger partial charge in [0.05, 0.1) is 24.3 Å². The van der Waals surface area contributed by atoms with E-state index in [4.69, 9.17) is 4.98 Å². The average molecular weight is 341 g/mol. The summed E-state index contributed by atoms with van der Waals surface area (Å²) in [6.45, 7) is 1.98. The maximum absolute atomic E-state index is 4.78. The van der Waals surface area contributed by atoms with E-state index in [1.807, 2.05) is 6.20 Å². The van der Waals surface area contributed by atoms with Crippen LogP contribution in [0.2, 0.25) is 0 Å². The van der Waals surface area contributed by atoms with Crippen molar-refractivity contribution < 1.29 is 0 Å². The lowest BCUT2D eigenvalue weighted by Crippen LogP contribution is -2.33. The van der Waals surface area contributed by atoms with Crippen LogP contribution >= 0.6 is 11.3 Å². The fourth-order valence-electron chi connectivity index (χ4n) is 3.07. The van der Waals surface area contributed by atoms with E-state index >= 15 is 0 Å². The Kier molecular flexibility index (Phi) is 4.48. The highest BCUT2D eigenvalue weighted by Gasteiger charge is 2.26. The topological polar surface area (TPSA) is 82.6 Å². The third kappa shape index (κ3) is 3.44. The summed E-state index contributed by atoms with van der Waals surface area (Å²) in [6.07, 6.45) is 12.3. The number of hydrogen-bond donors (Lipinski definition) is 2. The lowest BCUT2D eigenvalue weighted by atomic mass is 10.00. The zero-order valence-electron chi connectivity index (χ0n) is 13.2. The molecule has 0 bridgehead atoms. The molecule has 0 amide bonds. The van der Waals surface area contributed by atoms with Crippen molar-refractivity contribution in [1.29, 1.82) is 0 Å². The van der Waals surface area contributed by atoms with Gasteiger partial charge in [0.25, 0.3) is 0 Å². The highest BCUT2D eigenvalue weighted by atomic mass is 32.1. The van der Waals surface area contributed by atoms with Crippen LogP contribution in [0.4, 0.5) is 10.9 Å². The van der Waals surface area contributed by atoms with E-state index < -0.39 is 0 Å². The van der Waals surface area contributed by atoms with Crippen molar-refractivity contribution in [2.45, 2.75) is 31.8 Å². The molecule has 8 heteroatoms. The van der Waals surface area contributed by atoms with Crippen molar-refractivity contribution in [3.8, 4) is 0 Å². The van der Waals surface area contributed by atoms with Gasteiger partial charge in [0.2, 0.25) is 0 Å². The summed E-state index contributed by atoms with van der Waals surface area (Å²) < 4.78 is 0. The van der Waals surface area contributed by atoms with Crippen LogP contribution in [0.5, 0.6) is 0 Å². The molecule has 0 saturated carbocycles. The smallest absolute Gasteiger partial charge is 0.188 e. The Hall–Kier alpha value is -2.32. The molecule has 1 aliphatic rings. The average Bonchev–Trinajstić information content (AvgIpc) is 3.29. The van der Waals surface area contributed by atoms with Crippen LogP contribution in [-0.2, 0) is 6.54 Å². The SMILES string of the molecule is c1cnc(Nc2nc([C@@H]3CCCCN3Cc3cnc[nH]3)cs2)cn1. The number of thiazole rings is 1. The van der Waals surface area contributed by atoms with Crippen molar-refractivity contribution in [1.82, 2.24) is 29.8 Å². The van der Waals surface area contributed by atoms with Gasteiger partial charge in [-0.15, -0.1) is 11.3 Å². The zero-order chi connectivity index (χ0) is 16.2. The number of piperidine rings is 1. The number of aromatic nitrogens is 5. The van der Waals surface area contributed by atoms with E-state index in [0.29, 0.717) is 6.04 Å². The molecule has 24 heavy (non-hydrogen) atoms. The van der Waals surface area contributed by atoms with Crippen molar-refractivity contribution in [3.63, 3.8) is 0 Å². The van der Waals surface area contributed by atoms with Crippen molar-refractivity contribution in [2.75, 3.05) is 11.9 Å². The van der Waals surface area contributed by atoms with Gasteiger partial charge in [0.1, 0.15) is 0 Å². The summed E-state index contributed by atoms with van der Waals surface area (Å²) in [5, 5.41) is 6.23. The minimum absolute atomic E-state index is 0.357. The van der Waals surface area contributed by atoms with Gasteiger partial charge in [-0.05, 0) is 19.4 Å². The summed E-state index contributed by atoms with van der Waals surface area (Å²) in [6, 6.07) is 0.357. The molecule has 2 N–H and O–H groups in total. The maximum atomic E-state index is 4.78. The Bertz CT molecular complexity index is 756. The van der Waals surface area contributed by atoms with Gasteiger partial charge in [-0.25, -0.2) is 15.0 Å². The highest BCUT2D eigenvalue weighted by Crippen LogP contribution is 2.34. The number of likely N-dealkylation sites (tertiary alicyclic amines) is 1. The quantitative estimate of drug-likeness (QED) is 0.742. The number of aromatic amines is 1. The largest absolute Gasteiger partial charge is 0.347 e. The molecule has 0 spiro atoms. The minimum atomic E-state index is 0.357. The van der Waals surface area contributed by atoms with Crippen LogP contribution in [0.25, 0.3) is 0 Å². The molecule has 3 aromatic heterocycles. The van der Waals surface area contributed by atoms with Gasteiger partial charge in [-0.3, -0.25) is 9.88 Å². The van der Waals surface area contributed by atoms with Crippen LogP contribution in [-0.4, -0.2) is 36.4 Å². The van der Waals surface area contributed by atoms with Gasteiger partial charge in [0.15, 0.2) is 10.9 Å². The number of hydrogen-bond acceptors (Lipinski definition) is 7. The molecule has 1 aliphatic heterocycles. The second-order valence-corrected chi connectivity index (χ2v) is 6.71. The summed E-state index contributed by atoms with van der Waals surface area (Å²) >= 11 is 1.61. The number of nitrogens with zero attached hydrogens (tertiary/aromatic N) is 5. The van der Waals surface area contributed by atoms with E-state index in [-0.39, 0.29) is 0 Å². The van der Waals surface area contributed by atoms with Crippen LogP contribution in [0.1, 0.15) is 36.7 Å². The van der Waals surface area contributed by atoms with E-state index in [1.165, 1.54) is 12.8 Å². The molecule has 124 valence electrons. The van der Waals surface area contributed by atoms with Crippen LogP contribution in [0, 0.1) is 0 Å². The highest BCUT2D eigenvalue weighted by molar-refractivity contribution is 7.13. The van der Waals surface area contributed by atoms with Crippen molar-refractivity contribution in [2.24, 2.45) is 0 Å². The Labute approximate surface area is 144 Å². The van der Waals surface area contributed by atoms with Gasteiger partial charge in [-0.2, -0.15) is 0 Å². The maximum Gasteiger partial charge on any atom is 0.188 e. The Morgan fingerprint density at radius 2 is 2.25 bits per heavy atom. The first-order valence-corrected chi connectivity index (χ1v) is 8.96. The zero-order valence-corrected chi connectivity index (χ0v) is 14.0. The molecule has 0 aliphatic carbocycles. The van der Waals surface area contributed by atoms with Gasteiger partial charge in [-0.1, -0.05) is 6.42 Å². The second-order valence-electron chi connectivity index (χ2n) is 5.85. The predicted octanol–water partition coefficient (Wildman–Crippen LogP) is 3.13. The van der Waals surface area contributed by atoms with E-state index in [9.17, 15) is 0 Å². The molecule has 4 rings (SSSR count). The minimum Gasteiger partial charge on any atom is -0.347 e. The second kappa shape index (κ2) is 7.06. The fourth-order valence-corrected chi connectivity index (χ4v) is 3.84. The van der Waals surface area contributed by atoms with Crippen LogP contribution in [0.15, 0.2) is 36.5 Å². The third-order valence-corrected chi connectivity index (χ3v) is 4.98. The molecule has 1 atom stereocenters. The number of anilines is 2. The first kappa shape index (κ1) is 15.2. The van der Waals surface area contributed by atoms with E-state index in [0.717, 1.165) is 41.8 Å². The molecular weight excluding hydrogens is 322 g/mol. The normalized spacial score (nSPS) is 18.6. The first-order valence-electron chi connectivity index (χ1n) is 8.08. The summed E-state index contributed by atoms with van der Waals surface area (Å²) in [7, 11) is 0. The molecule has 1 saturated heterocycles. The molecule has 4 heterocycles. The summed E-state index contributed by atoms with van der Waals surface area (Å²) in [5.41, 5.74) is 2.28. The Balaban J connectivity index is 1.49. The molecule has 3 aromatic rings. The van der Waals surface area contributed by atoms with Gasteiger partial charge < -0.3 is 10.3 Å².